The van der Waals surface area contributed by atoms with Crippen LogP contribution in [0.1, 0.15) is 32.9 Å². The summed E-state index contributed by atoms with van der Waals surface area (Å²) in [5.74, 6) is -2.81. The van der Waals surface area contributed by atoms with Crippen LogP contribution in [0.25, 0.3) is 0 Å². The van der Waals surface area contributed by atoms with Crippen LogP contribution < -0.4 is 16.4 Å². The Kier molecular flexibility index (Phi) is 8.20. The van der Waals surface area contributed by atoms with Crippen molar-refractivity contribution >= 4 is 17.8 Å². The van der Waals surface area contributed by atoms with E-state index in [0.29, 0.717) is 12.1 Å². The first-order valence-electron chi connectivity index (χ1n) is 8.41. The van der Waals surface area contributed by atoms with Gasteiger partial charge in [0.2, 0.25) is 11.8 Å². The van der Waals surface area contributed by atoms with Crippen molar-refractivity contribution in [3.63, 3.8) is 0 Å². The van der Waals surface area contributed by atoms with Crippen LogP contribution in [0.4, 0.5) is 0 Å². The van der Waals surface area contributed by atoms with Gasteiger partial charge in [0, 0.05) is 18.3 Å². The van der Waals surface area contributed by atoms with Crippen molar-refractivity contribution in [1.82, 2.24) is 20.6 Å². The lowest BCUT2D eigenvalue weighted by Crippen LogP contribution is -2.57. The smallest absolute Gasteiger partial charge is 0.326 e. The number of rotatable bonds is 10. The van der Waals surface area contributed by atoms with Crippen molar-refractivity contribution < 1.29 is 24.6 Å². The molecule has 0 aromatic carbocycles. The SMILES string of the molecule is CCC(C)C(NC(=O)C(Cc1cnc[nH]1)NC(=O)C(N)C(C)O)C(=O)O. The van der Waals surface area contributed by atoms with Gasteiger partial charge in [-0.05, 0) is 12.8 Å². The average Bonchev–Trinajstić information content (AvgIpc) is 3.09. The third-order valence-corrected chi connectivity index (χ3v) is 4.21. The van der Waals surface area contributed by atoms with Crippen LogP contribution in [-0.4, -0.2) is 62.2 Å². The topological polar surface area (TPSA) is 170 Å². The van der Waals surface area contributed by atoms with E-state index in [2.05, 4.69) is 20.6 Å². The van der Waals surface area contributed by atoms with E-state index in [1.807, 2.05) is 6.92 Å². The maximum Gasteiger partial charge on any atom is 0.326 e. The van der Waals surface area contributed by atoms with Crippen LogP contribution >= 0.6 is 0 Å². The lowest BCUT2D eigenvalue weighted by atomic mass is 9.98. The van der Waals surface area contributed by atoms with Gasteiger partial charge in [-0.2, -0.15) is 0 Å². The van der Waals surface area contributed by atoms with Crippen molar-refractivity contribution in [3.8, 4) is 0 Å². The Morgan fingerprint density at radius 3 is 2.38 bits per heavy atom. The van der Waals surface area contributed by atoms with Crippen LogP contribution in [-0.2, 0) is 20.8 Å². The highest BCUT2D eigenvalue weighted by molar-refractivity contribution is 5.92. The van der Waals surface area contributed by atoms with Crippen LogP contribution in [0.5, 0.6) is 0 Å². The molecule has 0 spiro atoms. The molecule has 1 rings (SSSR count). The Morgan fingerprint density at radius 2 is 1.92 bits per heavy atom. The molecule has 0 saturated carbocycles. The number of aromatic amines is 1. The molecule has 5 unspecified atom stereocenters. The molecule has 10 heteroatoms. The minimum absolute atomic E-state index is 0.0664. The number of hydrogen-bond donors (Lipinski definition) is 6. The van der Waals surface area contributed by atoms with Gasteiger partial charge in [0.25, 0.3) is 0 Å². The fourth-order valence-corrected chi connectivity index (χ4v) is 2.25. The fraction of sp³-hybridized carbons (Fsp3) is 0.625. The van der Waals surface area contributed by atoms with Gasteiger partial charge in [0.1, 0.15) is 18.1 Å². The first-order valence-corrected chi connectivity index (χ1v) is 8.41. The maximum absolute atomic E-state index is 12.6. The van der Waals surface area contributed by atoms with E-state index in [1.54, 1.807) is 6.92 Å². The van der Waals surface area contributed by atoms with Crippen molar-refractivity contribution in [2.24, 2.45) is 11.7 Å². The Labute approximate surface area is 151 Å². The molecule has 1 heterocycles. The summed E-state index contributed by atoms with van der Waals surface area (Å²) in [4.78, 5) is 42.8. The van der Waals surface area contributed by atoms with Crippen molar-refractivity contribution in [2.75, 3.05) is 0 Å². The highest BCUT2D eigenvalue weighted by Crippen LogP contribution is 2.09. The molecule has 0 fully saturated rings. The van der Waals surface area contributed by atoms with E-state index < -0.39 is 42.0 Å². The summed E-state index contributed by atoms with van der Waals surface area (Å²) in [6, 6.07) is -3.37. The molecule has 0 bridgehead atoms. The molecule has 0 radical (unpaired) electrons. The number of carboxylic acids is 1. The Hall–Kier alpha value is -2.46. The molecule has 7 N–H and O–H groups in total. The largest absolute Gasteiger partial charge is 0.480 e. The average molecular weight is 369 g/mol. The first-order chi connectivity index (χ1) is 12.2. The van der Waals surface area contributed by atoms with Crippen LogP contribution in [0.2, 0.25) is 0 Å². The zero-order chi connectivity index (χ0) is 19.9. The van der Waals surface area contributed by atoms with Crippen LogP contribution in [0.3, 0.4) is 0 Å². The molecule has 5 atom stereocenters. The number of aliphatic hydroxyl groups excluding tert-OH is 1. The summed E-state index contributed by atoms with van der Waals surface area (Å²) >= 11 is 0. The molecule has 146 valence electrons. The van der Waals surface area contributed by atoms with Gasteiger partial charge in [-0.15, -0.1) is 0 Å². The van der Waals surface area contributed by atoms with Gasteiger partial charge in [-0.1, -0.05) is 20.3 Å². The third kappa shape index (κ3) is 6.12. The molecule has 26 heavy (non-hydrogen) atoms. The minimum atomic E-state index is -1.21. The predicted octanol–water partition coefficient (Wildman–Crippen LogP) is -1.24. The fourth-order valence-electron chi connectivity index (χ4n) is 2.25. The Balaban J connectivity index is 2.93. The number of nitrogens with zero attached hydrogens (tertiary/aromatic N) is 1. The zero-order valence-electron chi connectivity index (χ0n) is 15.1. The van der Waals surface area contributed by atoms with E-state index in [-0.39, 0.29) is 12.3 Å². The van der Waals surface area contributed by atoms with Gasteiger partial charge in [-0.3, -0.25) is 9.59 Å². The first kappa shape index (κ1) is 21.6. The van der Waals surface area contributed by atoms with Gasteiger partial charge in [-0.25, -0.2) is 9.78 Å². The molecule has 1 aromatic rings. The van der Waals surface area contributed by atoms with Crippen molar-refractivity contribution in [1.29, 1.82) is 0 Å². The number of aliphatic hydroxyl groups is 1. The standard InChI is InChI=1S/C16H27N5O5/c1-4-8(2)13(16(25)26)21-14(23)11(5-10-6-18-7-19-10)20-15(24)12(17)9(3)22/h6-9,11-13,22H,4-5,17H2,1-3H3,(H,18,19)(H,20,24)(H,21,23)(H,25,26). The van der Waals surface area contributed by atoms with Crippen molar-refractivity contribution in [3.05, 3.63) is 18.2 Å². The highest BCUT2D eigenvalue weighted by Gasteiger charge is 2.31. The normalized spacial score (nSPS) is 16.8. The molecule has 0 aliphatic carbocycles. The Bertz CT molecular complexity index is 604. The zero-order valence-corrected chi connectivity index (χ0v) is 15.1. The number of H-pyrrole nitrogens is 1. The Morgan fingerprint density at radius 1 is 1.27 bits per heavy atom. The van der Waals surface area contributed by atoms with Gasteiger partial charge >= 0.3 is 5.97 Å². The molecule has 0 saturated heterocycles. The van der Waals surface area contributed by atoms with Crippen LogP contribution in [0, 0.1) is 5.92 Å². The second-order valence-corrected chi connectivity index (χ2v) is 6.32. The summed E-state index contributed by atoms with van der Waals surface area (Å²) < 4.78 is 0. The number of aliphatic carboxylic acids is 1. The van der Waals surface area contributed by atoms with Gasteiger partial charge < -0.3 is 31.6 Å². The summed E-state index contributed by atoms with van der Waals surface area (Å²) in [5, 5.41) is 23.7. The lowest BCUT2D eigenvalue weighted by Gasteiger charge is -2.25. The van der Waals surface area contributed by atoms with Crippen LogP contribution in [0.15, 0.2) is 12.5 Å². The van der Waals surface area contributed by atoms with Gasteiger partial charge in [0.05, 0.1) is 12.4 Å². The maximum atomic E-state index is 12.6. The molecule has 1 aromatic heterocycles. The summed E-state index contributed by atoms with van der Waals surface area (Å²) in [6.45, 7) is 4.89. The number of nitrogens with two attached hydrogens (primary N) is 1. The number of carboxylic acid groups (broad SMARTS) is 1. The van der Waals surface area contributed by atoms with E-state index in [0.717, 1.165) is 0 Å². The molecule has 10 nitrogen and oxygen atoms in total. The molecular formula is C16H27N5O5. The number of aromatic nitrogens is 2. The highest BCUT2D eigenvalue weighted by atomic mass is 16.4. The predicted molar refractivity (Wildman–Crippen MR) is 92.9 cm³/mol. The van der Waals surface area contributed by atoms with E-state index in [4.69, 9.17) is 5.73 Å². The molecule has 2 amide bonds. The lowest BCUT2D eigenvalue weighted by molar-refractivity contribution is -0.143. The summed E-state index contributed by atoms with van der Waals surface area (Å²) in [7, 11) is 0. The molecule has 0 aliphatic heterocycles. The number of carbonyl (C=O) groups excluding carboxylic acids is 2. The van der Waals surface area contributed by atoms with E-state index >= 15 is 0 Å². The third-order valence-electron chi connectivity index (χ3n) is 4.21. The summed E-state index contributed by atoms with van der Waals surface area (Å²) in [5.41, 5.74) is 6.17. The minimum Gasteiger partial charge on any atom is -0.480 e. The van der Waals surface area contributed by atoms with E-state index in [1.165, 1.54) is 19.4 Å². The number of carbonyl (C=O) groups is 3. The summed E-state index contributed by atoms with van der Waals surface area (Å²) in [6.07, 6.45) is 2.44. The number of hydrogen-bond acceptors (Lipinski definition) is 6. The number of amides is 2. The quantitative estimate of drug-likeness (QED) is 0.299. The second kappa shape index (κ2) is 9.88. The molecule has 0 aliphatic rings. The monoisotopic (exact) mass is 369 g/mol. The van der Waals surface area contributed by atoms with E-state index in [9.17, 15) is 24.6 Å². The number of imidazole rings is 1. The molecular weight excluding hydrogens is 342 g/mol. The number of nitrogens with one attached hydrogen (secondary N) is 3. The second-order valence-electron chi connectivity index (χ2n) is 6.32. The van der Waals surface area contributed by atoms with Crippen molar-refractivity contribution in [2.45, 2.75) is 57.8 Å². The van der Waals surface area contributed by atoms with Gasteiger partial charge in [0.15, 0.2) is 0 Å².